The van der Waals surface area contributed by atoms with Crippen LogP contribution >= 0.6 is 0 Å². The highest BCUT2D eigenvalue weighted by Gasteiger charge is 2.39. The number of aliphatic hydroxyl groups excluding tert-OH is 1. The Kier molecular flexibility index (Phi) is 8.84. The summed E-state index contributed by atoms with van der Waals surface area (Å²) in [6.07, 6.45) is 5.38. The van der Waals surface area contributed by atoms with Crippen LogP contribution in [0.5, 0.6) is 0 Å². The van der Waals surface area contributed by atoms with Crippen molar-refractivity contribution in [3.05, 3.63) is 23.4 Å². The smallest absolute Gasteiger partial charge is 0.331 e. The van der Waals surface area contributed by atoms with Crippen molar-refractivity contribution >= 4 is 17.8 Å². The predicted octanol–water partition coefficient (Wildman–Crippen LogP) is 2.17. The fourth-order valence-corrected chi connectivity index (χ4v) is 4.10. The van der Waals surface area contributed by atoms with Crippen LogP contribution in [0.15, 0.2) is 12.1 Å². The minimum absolute atomic E-state index is 0.0134. The summed E-state index contributed by atoms with van der Waals surface area (Å²) in [7, 11) is 0. The Balaban J connectivity index is 1.58. The molecular weight excluding hydrogens is 414 g/mol. The third-order valence-electron chi connectivity index (χ3n) is 6.34. The van der Waals surface area contributed by atoms with Gasteiger partial charge in [0.25, 0.3) is 0 Å². The molecule has 2 aliphatic heterocycles. The molecule has 0 unspecified atom stereocenters. The Labute approximate surface area is 189 Å². The summed E-state index contributed by atoms with van der Waals surface area (Å²) in [5.41, 5.74) is 1.54. The van der Waals surface area contributed by atoms with Gasteiger partial charge in [0.05, 0.1) is 5.41 Å². The van der Waals surface area contributed by atoms with Crippen LogP contribution in [-0.4, -0.2) is 71.2 Å². The zero-order chi connectivity index (χ0) is 23.0. The van der Waals surface area contributed by atoms with E-state index in [4.69, 9.17) is 14.6 Å². The van der Waals surface area contributed by atoms with E-state index >= 15 is 0 Å². The largest absolute Gasteiger partial charge is 0.480 e. The van der Waals surface area contributed by atoms with Crippen LogP contribution in [0.25, 0.3) is 0 Å². The molecule has 9 heteroatoms. The summed E-state index contributed by atoms with van der Waals surface area (Å²) in [6, 6.07) is 3.08. The van der Waals surface area contributed by atoms with Gasteiger partial charge in [-0.25, -0.2) is 9.78 Å². The normalized spacial score (nSPS) is 18.5. The molecule has 0 aliphatic carbocycles. The first-order valence-electron chi connectivity index (χ1n) is 11.6. The molecule has 9 nitrogen and oxygen atoms in total. The highest BCUT2D eigenvalue weighted by atomic mass is 16.7. The number of nitrogens with zero attached hydrogens (tertiary/aromatic N) is 2. The summed E-state index contributed by atoms with van der Waals surface area (Å²) < 4.78 is 5.34. The van der Waals surface area contributed by atoms with Crippen molar-refractivity contribution in [3.8, 4) is 0 Å². The molecule has 0 spiro atoms. The summed E-state index contributed by atoms with van der Waals surface area (Å²) in [6.45, 7) is 3.70. The molecular formula is C23H35N3O6. The van der Waals surface area contributed by atoms with E-state index in [-0.39, 0.29) is 19.6 Å². The predicted molar refractivity (Wildman–Crippen MR) is 118 cm³/mol. The molecule has 3 N–H and O–H groups in total. The molecule has 1 aromatic rings. The maximum atomic E-state index is 12.9. The second kappa shape index (κ2) is 11.6. The SMILES string of the molecule is CC1(C(=O)ON(CCCCc2ccc3c(n2)NCCC3)[C@@H](CCO)C(=O)O)CCOCC1. The van der Waals surface area contributed by atoms with Crippen molar-refractivity contribution in [2.75, 3.05) is 38.2 Å². The average molecular weight is 450 g/mol. The lowest BCUT2D eigenvalue weighted by atomic mass is 9.83. The van der Waals surface area contributed by atoms with Gasteiger partial charge in [-0.2, -0.15) is 0 Å². The van der Waals surface area contributed by atoms with Crippen LogP contribution in [-0.2, 0) is 32.0 Å². The van der Waals surface area contributed by atoms with Crippen molar-refractivity contribution in [2.24, 2.45) is 5.41 Å². The number of aliphatic hydroxyl groups is 1. The maximum absolute atomic E-state index is 12.9. The lowest BCUT2D eigenvalue weighted by Crippen LogP contribution is -2.47. The third kappa shape index (κ3) is 6.40. The summed E-state index contributed by atoms with van der Waals surface area (Å²) in [5, 5.41) is 23.5. The van der Waals surface area contributed by atoms with E-state index in [1.165, 1.54) is 10.6 Å². The van der Waals surface area contributed by atoms with Gasteiger partial charge in [-0.1, -0.05) is 6.07 Å². The number of carbonyl (C=O) groups is 2. The van der Waals surface area contributed by atoms with Crippen LogP contribution in [0.3, 0.4) is 0 Å². The highest BCUT2D eigenvalue weighted by Crippen LogP contribution is 2.32. The number of rotatable bonds is 11. The van der Waals surface area contributed by atoms with E-state index in [0.717, 1.165) is 43.7 Å². The third-order valence-corrected chi connectivity index (χ3v) is 6.34. The molecule has 1 atom stereocenters. The summed E-state index contributed by atoms with van der Waals surface area (Å²) in [4.78, 5) is 34.9. The number of hydrogen-bond acceptors (Lipinski definition) is 8. The number of fused-ring (bicyclic) bond motifs is 1. The van der Waals surface area contributed by atoms with Gasteiger partial charge in [-0.15, -0.1) is 5.06 Å². The van der Waals surface area contributed by atoms with Crippen molar-refractivity contribution < 1.29 is 29.4 Å². The van der Waals surface area contributed by atoms with E-state index in [9.17, 15) is 19.8 Å². The van der Waals surface area contributed by atoms with Gasteiger partial charge >= 0.3 is 11.9 Å². The number of carboxylic acids is 1. The van der Waals surface area contributed by atoms with E-state index in [1.807, 2.05) is 13.0 Å². The lowest BCUT2D eigenvalue weighted by molar-refractivity contribution is -0.221. The topological polar surface area (TPSA) is 121 Å². The van der Waals surface area contributed by atoms with E-state index in [1.54, 1.807) is 0 Å². The van der Waals surface area contributed by atoms with Crippen LogP contribution in [0.2, 0.25) is 0 Å². The van der Waals surface area contributed by atoms with Crippen molar-refractivity contribution in [2.45, 2.75) is 64.3 Å². The molecule has 1 saturated heterocycles. The molecule has 2 aliphatic rings. The Bertz CT molecular complexity index is 781. The first-order valence-corrected chi connectivity index (χ1v) is 11.6. The lowest BCUT2D eigenvalue weighted by Gasteiger charge is -2.34. The van der Waals surface area contributed by atoms with E-state index < -0.39 is 23.4 Å². The number of aryl methyl sites for hydroxylation is 2. The molecule has 1 aromatic heterocycles. The molecule has 3 heterocycles. The van der Waals surface area contributed by atoms with Gasteiger partial charge in [-0.05, 0) is 69.9 Å². The van der Waals surface area contributed by atoms with Crippen molar-refractivity contribution in [3.63, 3.8) is 0 Å². The molecule has 0 saturated carbocycles. The van der Waals surface area contributed by atoms with Crippen LogP contribution in [0, 0.1) is 5.41 Å². The van der Waals surface area contributed by atoms with Gasteiger partial charge in [0, 0.05) is 38.6 Å². The average Bonchev–Trinajstić information content (AvgIpc) is 2.79. The van der Waals surface area contributed by atoms with Gasteiger partial charge in [0.2, 0.25) is 0 Å². The molecule has 32 heavy (non-hydrogen) atoms. The standard InChI is InChI=1S/C23H35N3O6/c1-23(10-15-31-16-11-23)22(30)32-26(19(9-14-27)21(28)29)13-3-2-6-18-8-7-17-5-4-12-24-20(17)25-18/h7-8,19,27H,2-6,9-16H2,1H3,(H,24,25)(H,28,29)/t19-/m0/s1. The number of carbonyl (C=O) groups excluding carboxylic acids is 1. The van der Waals surface area contributed by atoms with Crippen LogP contribution < -0.4 is 5.32 Å². The number of aliphatic carboxylic acids is 1. The number of anilines is 1. The Morgan fingerprint density at radius 1 is 1.31 bits per heavy atom. The number of carboxylic acid groups (broad SMARTS) is 1. The Morgan fingerprint density at radius 3 is 2.81 bits per heavy atom. The van der Waals surface area contributed by atoms with Crippen LogP contribution in [0.4, 0.5) is 5.82 Å². The highest BCUT2D eigenvalue weighted by molar-refractivity contribution is 5.77. The number of hydrogen-bond donors (Lipinski definition) is 3. The van der Waals surface area contributed by atoms with Gasteiger partial charge in [0.1, 0.15) is 11.9 Å². The monoisotopic (exact) mass is 449 g/mol. The Hall–Kier alpha value is -2.23. The first kappa shape index (κ1) is 24.4. The summed E-state index contributed by atoms with van der Waals surface area (Å²) in [5.74, 6) is -0.596. The fraction of sp³-hybridized carbons (Fsp3) is 0.696. The summed E-state index contributed by atoms with van der Waals surface area (Å²) >= 11 is 0. The minimum Gasteiger partial charge on any atom is -0.480 e. The fourth-order valence-electron chi connectivity index (χ4n) is 4.10. The minimum atomic E-state index is -1.12. The zero-order valence-electron chi connectivity index (χ0n) is 18.8. The number of pyridine rings is 1. The van der Waals surface area contributed by atoms with Gasteiger partial charge < -0.3 is 25.1 Å². The molecule has 3 rings (SSSR count). The van der Waals surface area contributed by atoms with Gasteiger partial charge in [0.15, 0.2) is 0 Å². The molecule has 0 aromatic carbocycles. The van der Waals surface area contributed by atoms with Crippen LogP contribution in [0.1, 0.15) is 56.7 Å². The number of aromatic nitrogens is 1. The van der Waals surface area contributed by atoms with Crippen molar-refractivity contribution in [1.82, 2.24) is 10.0 Å². The first-order chi connectivity index (χ1) is 15.4. The maximum Gasteiger partial charge on any atom is 0.331 e. The number of nitrogens with one attached hydrogen (secondary N) is 1. The Morgan fingerprint density at radius 2 is 2.09 bits per heavy atom. The molecule has 178 valence electrons. The van der Waals surface area contributed by atoms with E-state index in [0.29, 0.717) is 32.5 Å². The second-order valence-corrected chi connectivity index (χ2v) is 8.86. The molecule has 0 amide bonds. The quantitative estimate of drug-likeness (QED) is 0.345. The van der Waals surface area contributed by atoms with Crippen molar-refractivity contribution in [1.29, 1.82) is 0 Å². The number of ether oxygens (including phenoxy) is 1. The van der Waals surface area contributed by atoms with E-state index in [2.05, 4.69) is 11.4 Å². The molecule has 0 radical (unpaired) electrons. The number of hydroxylamine groups is 2. The molecule has 0 bridgehead atoms. The molecule has 1 fully saturated rings. The number of unbranched alkanes of at least 4 members (excludes halogenated alkanes) is 1. The second-order valence-electron chi connectivity index (χ2n) is 8.86. The van der Waals surface area contributed by atoms with Gasteiger partial charge in [-0.3, -0.25) is 4.79 Å². The zero-order valence-corrected chi connectivity index (χ0v) is 18.8.